The fraction of sp³-hybridized carbons (Fsp3) is 0.600. The molecule has 0 amide bonds. The topological polar surface area (TPSA) is 44.5 Å². The van der Waals surface area contributed by atoms with Gasteiger partial charge in [-0.05, 0) is 44.8 Å². The Labute approximate surface area is 108 Å². The van der Waals surface area contributed by atoms with E-state index in [0.717, 1.165) is 31.0 Å². The summed E-state index contributed by atoms with van der Waals surface area (Å²) in [5.74, 6) is 1.89. The summed E-state index contributed by atoms with van der Waals surface area (Å²) >= 11 is 0. The summed E-state index contributed by atoms with van der Waals surface area (Å²) in [6, 6.07) is 0.307. The molecule has 0 unspecified atom stereocenters. The van der Waals surface area contributed by atoms with Crippen LogP contribution >= 0.6 is 0 Å². The standard InChI is InChI=1S/C15H21NO2/c1-3-12-14(15(5-6-15)9-17-12)13(4-2)18-11-7-10(16)8-11/h3-4,10-11H,2,5-9,16H2,1H3/b12-3+,14-13-/t10-,11-. The Morgan fingerprint density at radius 2 is 2.22 bits per heavy atom. The predicted octanol–water partition coefficient (Wildman–Crippen LogP) is 2.65. The van der Waals surface area contributed by atoms with E-state index < -0.39 is 0 Å². The van der Waals surface area contributed by atoms with Crippen molar-refractivity contribution in [2.24, 2.45) is 11.1 Å². The number of nitrogens with two attached hydrogens (primary N) is 1. The van der Waals surface area contributed by atoms with Crippen molar-refractivity contribution in [1.82, 2.24) is 0 Å². The van der Waals surface area contributed by atoms with Crippen LogP contribution in [0.1, 0.15) is 32.6 Å². The van der Waals surface area contributed by atoms with Crippen LogP contribution in [0.3, 0.4) is 0 Å². The van der Waals surface area contributed by atoms with Crippen LogP contribution in [0.2, 0.25) is 0 Å². The Kier molecular flexibility index (Phi) is 2.74. The summed E-state index contributed by atoms with van der Waals surface area (Å²) in [5, 5.41) is 0. The molecule has 3 rings (SSSR count). The van der Waals surface area contributed by atoms with Crippen LogP contribution in [0.15, 0.2) is 35.8 Å². The monoisotopic (exact) mass is 247 g/mol. The Balaban J connectivity index is 1.86. The number of hydrogen-bond acceptors (Lipinski definition) is 3. The highest BCUT2D eigenvalue weighted by Gasteiger charge is 2.54. The summed E-state index contributed by atoms with van der Waals surface area (Å²) in [6.07, 6.45) is 8.41. The first-order valence-corrected chi connectivity index (χ1v) is 6.77. The lowest BCUT2D eigenvalue weighted by atomic mass is 9.89. The fourth-order valence-corrected chi connectivity index (χ4v) is 2.87. The van der Waals surface area contributed by atoms with Crippen molar-refractivity contribution in [3.63, 3.8) is 0 Å². The van der Waals surface area contributed by atoms with E-state index in [4.69, 9.17) is 15.2 Å². The lowest BCUT2D eigenvalue weighted by Gasteiger charge is -2.33. The van der Waals surface area contributed by atoms with Crippen molar-refractivity contribution in [3.05, 3.63) is 35.8 Å². The Hall–Kier alpha value is -1.22. The average Bonchev–Trinajstić information content (AvgIpc) is 3.00. The first-order chi connectivity index (χ1) is 8.68. The molecule has 1 saturated heterocycles. The highest BCUT2D eigenvalue weighted by molar-refractivity contribution is 5.45. The van der Waals surface area contributed by atoms with Gasteiger partial charge >= 0.3 is 0 Å². The van der Waals surface area contributed by atoms with Gasteiger partial charge in [-0.25, -0.2) is 0 Å². The van der Waals surface area contributed by atoms with Gasteiger partial charge in [-0.1, -0.05) is 6.58 Å². The van der Waals surface area contributed by atoms with Gasteiger partial charge in [-0.2, -0.15) is 0 Å². The van der Waals surface area contributed by atoms with E-state index >= 15 is 0 Å². The fourth-order valence-electron chi connectivity index (χ4n) is 2.87. The summed E-state index contributed by atoms with van der Waals surface area (Å²) in [7, 11) is 0. The largest absolute Gasteiger partial charge is 0.493 e. The van der Waals surface area contributed by atoms with Gasteiger partial charge in [-0.3, -0.25) is 0 Å². The van der Waals surface area contributed by atoms with Crippen molar-refractivity contribution in [2.75, 3.05) is 6.61 Å². The molecule has 3 heteroatoms. The molecule has 0 bridgehead atoms. The van der Waals surface area contributed by atoms with Crippen LogP contribution in [0.5, 0.6) is 0 Å². The van der Waals surface area contributed by atoms with Crippen LogP contribution in [-0.4, -0.2) is 18.8 Å². The molecule has 1 heterocycles. The van der Waals surface area contributed by atoms with Gasteiger partial charge in [0.25, 0.3) is 0 Å². The van der Waals surface area contributed by atoms with Crippen LogP contribution in [0, 0.1) is 5.41 Å². The van der Waals surface area contributed by atoms with Crippen LogP contribution in [0.4, 0.5) is 0 Å². The lowest BCUT2D eigenvalue weighted by Crippen LogP contribution is -2.41. The highest BCUT2D eigenvalue weighted by atomic mass is 16.5. The molecule has 3 aliphatic rings. The summed E-state index contributed by atoms with van der Waals surface area (Å²) in [6.45, 7) is 6.71. The molecule has 0 atom stereocenters. The molecule has 18 heavy (non-hydrogen) atoms. The summed E-state index contributed by atoms with van der Waals surface area (Å²) in [4.78, 5) is 0. The quantitative estimate of drug-likeness (QED) is 0.780. The van der Waals surface area contributed by atoms with E-state index in [2.05, 4.69) is 6.58 Å². The van der Waals surface area contributed by atoms with E-state index in [1.807, 2.05) is 19.1 Å². The van der Waals surface area contributed by atoms with Crippen LogP contribution in [-0.2, 0) is 9.47 Å². The minimum absolute atomic E-state index is 0.219. The zero-order valence-corrected chi connectivity index (χ0v) is 10.9. The molecule has 0 aromatic carbocycles. The van der Waals surface area contributed by atoms with E-state index in [-0.39, 0.29) is 11.5 Å². The second-order valence-corrected chi connectivity index (χ2v) is 5.64. The number of ether oxygens (including phenoxy) is 2. The van der Waals surface area contributed by atoms with Crippen molar-refractivity contribution in [3.8, 4) is 0 Å². The van der Waals surface area contributed by atoms with Crippen molar-refractivity contribution >= 4 is 0 Å². The van der Waals surface area contributed by atoms with Gasteiger partial charge < -0.3 is 15.2 Å². The van der Waals surface area contributed by atoms with E-state index in [0.29, 0.717) is 6.04 Å². The number of hydrogen-bond donors (Lipinski definition) is 1. The second kappa shape index (κ2) is 4.16. The Morgan fingerprint density at radius 1 is 1.50 bits per heavy atom. The molecule has 3 fully saturated rings. The first-order valence-electron chi connectivity index (χ1n) is 6.77. The van der Waals surface area contributed by atoms with Gasteiger partial charge in [0.15, 0.2) is 0 Å². The Bertz CT molecular complexity index is 426. The average molecular weight is 247 g/mol. The molecule has 3 nitrogen and oxygen atoms in total. The van der Waals surface area contributed by atoms with Crippen LogP contribution < -0.4 is 5.73 Å². The molecule has 1 spiro atoms. The van der Waals surface area contributed by atoms with Gasteiger partial charge in [-0.15, -0.1) is 0 Å². The maximum Gasteiger partial charge on any atom is 0.126 e. The zero-order valence-electron chi connectivity index (χ0n) is 10.9. The second-order valence-electron chi connectivity index (χ2n) is 5.64. The van der Waals surface area contributed by atoms with Crippen LogP contribution in [0.25, 0.3) is 0 Å². The third-order valence-corrected chi connectivity index (χ3v) is 4.25. The third-order valence-electron chi connectivity index (χ3n) is 4.25. The SMILES string of the molecule is C=C/C(O[C@H]1C[C@H](N)C1)=C1\C(=C/C)OCC12CC2. The molecule has 2 saturated carbocycles. The molecule has 0 radical (unpaired) electrons. The third kappa shape index (κ3) is 1.77. The minimum atomic E-state index is 0.219. The predicted molar refractivity (Wildman–Crippen MR) is 70.7 cm³/mol. The molecule has 2 aliphatic carbocycles. The van der Waals surface area contributed by atoms with Gasteiger partial charge in [0.05, 0.1) is 6.61 Å². The Morgan fingerprint density at radius 3 is 2.72 bits per heavy atom. The molecule has 0 aromatic rings. The highest BCUT2D eigenvalue weighted by Crippen LogP contribution is 2.60. The van der Waals surface area contributed by atoms with Gasteiger partial charge in [0, 0.05) is 17.0 Å². The lowest BCUT2D eigenvalue weighted by molar-refractivity contribution is 0.0425. The maximum absolute atomic E-state index is 6.06. The molecule has 98 valence electrons. The maximum atomic E-state index is 6.06. The van der Waals surface area contributed by atoms with Gasteiger partial charge in [0.2, 0.25) is 0 Å². The van der Waals surface area contributed by atoms with Gasteiger partial charge in [0.1, 0.15) is 17.6 Å². The van der Waals surface area contributed by atoms with E-state index in [1.165, 1.54) is 18.4 Å². The molecule has 2 N–H and O–H groups in total. The molecule has 1 aliphatic heterocycles. The number of allylic oxidation sites excluding steroid dienone is 3. The van der Waals surface area contributed by atoms with Crippen molar-refractivity contribution < 1.29 is 9.47 Å². The van der Waals surface area contributed by atoms with Crippen molar-refractivity contribution in [1.29, 1.82) is 0 Å². The molecular formula is C15H21NO2. The smallest absolute Gasteiger partial charge is 0.126 e. The number of rotatable bonds is 3. The summed E-state index contributed by atoms with van der Waals surface area (Å²) in [5.41, 5.74) is 7.26. The summed E-state index contributed by atoms with van der Waals surface area (Å²) < 4.78 is 11.8. The molecule has 0 aromatic heterocycles. The van der Waals surface area contributed by atoms with E-state index in [9.17, 15) is 0 Å². The minimum Gasteiger partial charge on any atom is -0.493 e. The normalized spacial score (nSPS) is 37.1. The molecular weight excluding hydrogens is 226 g/mol. The zero-order chi connectivity index (χ0) is 12.8. The first kappa shape index (κ1) is 11.8. The van der Waals surface area contributed by atoms with Crippen molar-refractivity contribution in [2.45, 2.75) is 44.8 Å². The van der Waals surface area contributed by atoms with E-state index in [1.54, 1.807) is 0 Å².